The quantitative estimate of drug-likeness (QED) is 0.120. The molecule has 0 aliphatic heterocycles. The molecule has 0 amide bonds. The van der Waals surface area contributed by atoms with Gasteiger partial charge in [0, 0.05) is 38.5 Å². The van der Waals surface area contributed by atoms with Gasteiger partial charge in [-0.1, -0.05) is 66.3 Å². The van der Waals surface area contributed by atoms with Gasteiger partial charge in [-0.15, -0.1) is 0 Å². The summed E-state index contributed by atoms with van der Waals surface area (Å²) in [6.45, 7) is 15.2. The predicted octanol–water partition coefficient (Wildman–Crippen LogP) is 5.95. The number of benzene rings is 1. The second-order valence-corrected chi connectivity index (χ2v) is 8.46. The number of carbonyl (C=O) groups is 3. The molecular weight excluding hydrogens is 492 g/mol. The van der Waals surface area contributed by atoms with E-state index in [0.717, 1.165) is 22.3 Å². The number of rotatable bonds is 19. The smallest absolute Gasteiger partial charge is 0.307 e. The maximum atomic E-state index is 11.8. The van der Waals surface area contributed by atoms with Crippen LogP contribution in [0.5, 0.6) is 0 Å². The van der Waals surface area contributed by atoms with Crippen LogP contribution in [0.1, 0.15) is 102 Å². The summed E-state index contributed by atoms with van der Waals surface area (Å²) in [5, 5.41) is 0. The first kappa shape index (κ1) is 33.3. The highest BCUT2D eigenvalue weighted by Gasteiger charge is 2.20. The van der Waals surface area contributed by atoms with E-state index < -0.39 is 18.9 Å². The Kier molecular flexibility index (Phi) is 16.2. The minimum atomic E-state index is -0.708. The van der Waals surface area contributed by atoms with Crippen molar-refractivity contribution in [3.8, 4) is 0 Å². The minimum absolute atomic E-state index is 0.122. The van der Waals surface area contributed by atoms with Gasteiger partial charge in [0.25, 0.3) is 0 Å². The van der Waals surface area contributed by atoms with Crippen molar-refractivity contribution < 1.29 is 42.8 Å². The van der Waals surface area contributed by atoms with Crippen LogP contribution in [0.15, 0.2) is 18.7 Å². The van der Waals surface area contributed by atoms with E-state index in [1.165, 1.54) is 0 Å². The average Bonchev–Trinajstić information content (AvgIpc) is 2.94. The summed E-state index contributed by atoms with van der Waals surface area (Å²) in [6, 6.07) is 3.78. The third-order valence-corrected chi connectivity index (χ3v) is 5.67. The number of carbonyl (C=O) groups excluding carboxylic acids is 3. The molecule has 0 radical (unpaired) electrons. The Hall–Kier alpha value is -2.75. The predicted molar refractivity (Wildman–Crippen MR) is 142 cm³/mol. The zero-order valence-corrected chi connectivity index (χ0v) is 23.7. The minimum Gasteiger partial charge on any atom is -0.436 e. The maximum absolute atomic E-state index is 11.8. The third kappa shape index (κ3) is 11.3. The summed E-state index contributed by atoms with van der Waals surface area (Å²) in [4.78, 5) is 35.3. The summed E-state index contributed by atoms with van der Waals surface area (Å²) in [5.41, 5.74) is 3.17. The monoisotopic (exact) mass is 536 g/mol. The fourth-order valence-corrected chi connectivity index (χ4v) is 3.38. The van der Waals surface area contributed by atoms with Crippen LogP contribution in [-0.2, 0) is 62.6 Å². The van der Waals surface area contributed by atoms with E-state index in [-0.39, 0.29) is 57.0 Å². The lowest BCUT2D eigenvalue weighted by atomic mass is 9.96. The number of hydrogen-bond acceptors (Lipinski definition) is 9. The van der Waals surface area contributed by atoms with Gasteiger partial charge in [0.2, 0.25) is 18.9 Å². The van der Waals surface area contributed by atoms with Crippen LogP contribution in [0.4, 0.5) is 0 Å². The first-order valence-corrected chi connectivity index (χ1v) is 13.5. The first-order valence-electron chi connectivity index (χ1n) is 13.5. The van der Waals surface area contributed by atoms with Crippen LogP contribution in [0.25, 0.3) is 6.08 Å². The summed E-state index contributed by atoms with van der Waals surface area (Å²) < 4.78 is 33.8. The highest BCUT2D eigenvalue weighted by atomic mass is 16.7. The Morgan fingerprint density at radius 3 is 1.39 bits per heavy atom. The van der Waals surface area contributed by atoms with Gasteiger partial charge >= 0.3 is 17.9 Å². The van der Waals surface area contributed by atoms with Crippen molar-refractivity contribution in [3.05, 3.63) is 41.0 Å². The van der Waals surface area contributed by atoms with Crippen LogP contribution < -0.4 is 0 Å². The largest absolute Gasteiger partial charge is 0.436 e. The second-order valence-electron chi connectivity index (χ2n) is 8.46. The van der Waals surface area contributed by atoms with Crippen molar-refractivity contribution in [1.82, 2.24) is 0 Å². The normalized spacial score (nSPS) is 13.3. The molecule has 0 bridgehead atoms. The van der Waals surface area contributed by atoms with Crippen LogP contribution in [0, 0.1) is 0 Å². The zero-order chi connectivity index (χ0) is 28.5. The lowest BCUT2D eigenvalue weighted by molar-refractivity contribution is -0.184. The average molecular weight is 537 g/mol. The first-order chi connectivity index (χ1) is 18.3. The fourth-order valence-electron chi connectivity index (χ4n) is 3.38. The molecule has 9 nitrogen and oxygen atoms in total. The van der Waals surface area contributed by atoms with E-state index in [1.54, 1.807) is 26.8 Å². The van der Waals surface area contributed by atoms with Gasteiger partial charge in [-0.25, -0.2) is 0 Å². The SMILES string of the molecule is C=Cc1c(COC(CC)OC(=O)CC)ccc(COC(CC)OC(=O)CC)c1COC(CC)OC(=O)CC. The molecule has 0 spiro atoms. The van der Waals surface area contributed by atoms with Crippen molar-refractivity contribution in [2.24, 2.45) is 0 Å². The number of esters is 3. The van der Waals surface area contributed by atoms with Gasteiger partial charge in [0.1, 0.15) is 0 Å². The molecule has 0 N–H and O–H groups in total. The van der Waals surface area contributed by atoms with Crippen LogP contribution in [0.3, 0.4) is 0 Å². The molecule has 3 unspecified atom stereocenters. The van der Waals surface area contributed by atoms with Crippen molar-refractivity contribution in [2.75, 3.05) is 0 Å². The Labute approximate surface area is 226 Å². The van der Waals surface area contributed by atoms with Crippen molar-refractivity contribution >= 4 is 24.0 Å². The van der Waals surface area contributed by atoms with E-state index in [4.69, 9.17) is 28.4 Å². The maximum Gasteiger partial charge on any atom is 0.307 e. The van der Waals surface area contributed by atoms with Gasteiger partial charge < -0.3 is 28.4 Å². The molecule has 0 aliphatic rings. The topological polar surface area (TPSA) is 107 Å². The Bertz CT molecular complexity index is 896. The van der Waals surface area contributed by atoms with Gasteiger partial charge in [-0.3, -0.25) is 14.4 Å². The van der Waals surface area contributed by atoms with Gasteiger partial charge in [-0.05, 0) is 22.3 Å². The zero-order valence-electron chi connectivity index (χ0n) is 23.7. The molecule has 0 saturated heterocycles. The van der Waals surface area contributed by atoms with Crippen LogP contribution in [-0.4, -0.2) is 36.8 Å². The molecule has 1 aromatic rings. The van der Waals surface area contributed by atoms with E-state index in [2.05, 4.69) is 6.58 Å². The van der Waals surface area contributed by atoms with Crippen molar-refractivity contribution in [2.45, 2.75) is 119 Å². The Morgan fingerprint density at radius 1 is 0.658 bits per heavy atom. The van der Waals surface area contributed by atoms with Gasteiger partial charge in [0.05, 0.1) is 19.8 Å². The van der Waals surface area contributed by atoms with Crippen LogP contribution >= 0.6 is 0 Å². The molecule has 3 atom stereocenters. The summed E-state index contributed by atoms with van der Waals surface area (Å²) in [5.74, 6) is -1.01. The highest BCUT2D eigenvalue weighted by molar-refractivity contribution is 5.69. The molecule has 0 saturated carbocycles. The molecular formula is C29H44O9. The van der Waals surface area contributed by atoms with Crippen molar-refractivity contribution in [1.29, 1.82) is 0 Å². The third-order valence-electron chi connectivity index (χ3n) is 5.67. The fraction of sp³-hybridized carbons (Fsp3) is 0.621. The summed E-state index contributed by atoms with van der Waals surface area (Å²) >= 11 is 0. The van der Waals surface area contributed by atoms with Crippen molar-refractivity contribution in [3.63, 3.8) is 0 Å². The van der Waals surface area contributed by atoms with E-state index in [9.17, 15) is 14.4 Å². The summed E-state index contributed by atoms with van der Waals surface area (Å²) in [6.07, 6.45) is 1.91. The molecule has 0 aliphatic carbocycles. The second kappa shape index (κ2) is 18.5. The van der Waals surface area contributed by atoms with Gasteiger partial charge in [0.15, 0.2) is 0 Å². The number of ether oxygens (including phenoxy) is 6. The molecule has 38 heavy (non-hydrogen) atoms. The molecule has 0 aromatic heterocycles. The molecule has 0 heterocycles. The molecule has 1 rings (SSSR count). The number of hydrogen-bond donors (Lipinski definition) is 0. The highest BCUT2D eigenvalue weighted by Crippen LogP contribution is 2.26. The molecule has 9 heteroatoms. The Morgan fingerprint density at radius 2 is 1.03 bits per heavy atom. The molecule has 214 valence electrons. The standard InChI is InChI=1S/C29H44O9/c1-8-22-20(17-33-27(12-5)36-24(30)9-2)15-16-21(18-34-28(13-6)37-25(31)10-3)23(22)19-35-29(14-7)38-26(32)11-4/h8,15-16,27-29H,1,9-14,17-19H2,2-7H3. The van der Waals surface area contributed by atoms with E-state index in [0.29, 0.717) is 19.3 Å². The lowest BCUT2D eigenvalue weighted by Crippen LogP contribution is -2.22. The Balaban J connectivity index is 3.23. The van der Waals surface area contributed by atoms with Gasteiger partial charge in [-0.2, -0.15) is 0 Å². The molecule has 0 fully saturated rings. The van der Waals surface area contributed by atoms with E-state index >= 15 is 0 Å². The van der Waals surface area contributed by atoms with E-state index in [1.807, 2.05) is 32.9 Å². The van der Waals surface area contributed by atoms with Crippen LogP contribution in [0.2, 0.25) is 0 Å². The molecule has 1 aromatic carbocycles. The summed E-state index contributed by atoms with van der Waals surface area (Å²) in [7, 11) is 0. The lowest BCUT2D eigenvalue weighted by Gasteiger charge is -2.23.